The van der Waals surface area contributed by atoms with E-state index < -0.39 is 0 Å². The van der Waals surface area contributed by atoms with Crippen molar-refractivity contribution in [3.8, 4) is 11.5 Å². The molecule has 0 unspecified atom stereocenters. The van der Waals surface area contributed by atoms with Crippen molar-refractivity contribution >= 4 is 61.5 Å². The van der Waals surface area contributed by atoms with Gasteiger partial charge in [-0.15, -0.1) is 0 Å². The fraction of sp³-hybridized carbons (Fsp3) is 0.154. The molecule has 0 aliphatic heterocycles. The number of benzene rings is 2. The third kappa shape index (κ3) is 5.95. The van der Waals surface area contributed by atoms with Gasteiger partial charge >= 0.3 is 0 Å². The average molecular weight is 628 g/mol. The number of nitrogens with zero attached hydrogens (tertiary/aromatic N) is 8. The molecule has 4 aromatic heterocycles. The maximum Gasteiger partial charge on any atom is 0.179 e. The van der Waals surface area contributed by atoms with Crippen LogP contribution in [0.1, 0.15) is 11.1 Å². The fourth-order valence-electron chi connectivity index (χ4n) is 3.83. The molecule has 6 aromatic rings. The van der Waals surface area contributed by atoms with E-state index in [1.165, 1.54) is 12.7 Å². The van der Waals surface area contributed by atoms with Crippen molar-refractivity contribution in [1.29, 1.82) is 0 Å². The van der Waals surface area contributed by atoms with Gasteiger partial charge < -0.3 is 14.0 Å². The van der Waals surface area contributed by atoms with Crippen LogP contribution < -0.4 is 9.47 Å². The average Bonchev–Trinajstić information content (AvgIpc) is 3.52. The van der Waals surface area contributed by atoms with Gasteiger partial charge in [-0.25, -0.2) is 29.9 Å². The summed E-state index contributed by atoms with van der Waals surface area (Å²) < 4.78 is 14.8. The molecule has 0 aliphatic carbocycles. The lowest BCUT2D eigenvalue weighted by Gasteiger charge is -2.06. The summed E-state index contributed by atoms with van der Waals surface area (Å²) in [5.74, 6) is 1.67. The molecule has 0 amide bonds. The monoisotopic (exact) mass is 626 g/mol. The Bertz CT molecular complexity index is 1720. The van der Waals surface area contributed by atoms with Crippen LogP contribution >= 0.6 is 39.1 Å². The molecule has 0 atom stereocenters. The molecule has 4 heterocycles. The number of hydrogen-bond acceptors (Lipinski definition) is 8. The first-order valence-electron chi connectivity index (χ1n) is 11.6. The molecule has 10 nitrogen and oxygen atoms in total. The van der Waals surface area contributed by atoms with Crippen LogP contribution in [0.4, 0.5) is 0 Å². The zero-order valence-electron chi connectivity index (χ0n) is 20.8. The maximum atomic E-state index is 6.02. The molecule has 0 spiro atoms. The first-order valence-corrected chi connectivity index (χ1v) is 13.1. The predicted molar refractivity (Wildman–Crippen MR) is 153 cm³/mol. The maximum absolute atomic E-state index is 6.02. The van der Waals surface area contributed by atoms with E-state index in [4.69, 9.17) is 32.7 Å². The highest BCUT2D eigenvalue weighted by Crippen LogP contribution is 2.24. The minimum atomic E-state index is 0.351. The van der Waals surface area contributed by atoms with E-state index in [0.717, 1.165) is 28.3 Å². The number of methoxy groups -OCH3 is 2. The highest BCUT2D eigenvalue weighted by Gasteiger charge is 2.13. The molecule has 0 saturated heterocycles. The first-order chi connectivity index (χ1) is 19.0. The van der Waals surface area contributed by atoms with Crippen LogP contribution in [0.3, 0.4) is 0 Å². The Morgan fingerprint density at radius 3 is 1.82 bits per heavy atom. The molecule has 39 heavy (non-hydrogen) atoms. The van der Waals surface area contributed by atoms with E-state index in [-0.39, 0.29) is 0 Å². The van der Waals surface area contributed by atoms with Gasteiger partial charge in [-0.05, 0) is 51.3 Å². The Hall–Kier alpha value is -3.80. The normalized spacial score (nSPS) is 10.9. The first kappa shape index (κ1) is 26.8. The van der Waals surface area contributed by atoms with Gasteiger partial charge in [-0.1, -0.05) is 47.5 Å². The summed E-state index contributed by atoms with van der Waals surface area (Å²) >= 11 is 15.4. The van der Waals surface area contributed by atoms with Gasteiger partial charge in [0.2, 0.25) is 0 Å². The molecule has 0 aliphatic rings. The van der Waals surface area contributed by atoms with Crippen LogP contribution in [0.15, 0.2) is 72.2 Å². The lowest BCUT2D eigenvalue weighted by atomic mass is 10.2. The summed E-state index contributed by atoms with van der Waals surface area (Å²) in [4.78, 5) is 24.9. The third-order valence-corrected chi connectivity index (χ3v) is 6.97. The molecule has 0 bridgehead atoms. The molecule has 2 aromatic carbocycles. The van der Waals surface area contributed by atoms with Gasteiger partial charge in [0.05, 0.1) is 33.6 Å². The van der Waals surface area contributed by atoms with E-state index in [2.05, 4.69) is 45.8 Å². The SMILES string of the molecule is COc1ccc(Cn2c(Br)nc3c(Cl)ncnc32)cc1.COc1ccc(Cn2cnc3c(Cl)ncnc32)cc1. The lowest BCUT2D eigenvalue weighted by molar-refractivity contribution is 0.414. The second-order valence-electron chi connectivity index (χ2n) is 8.21. The van der Waals surface area contributed by atoms with Crippen molar-refractivity contribution in [3.63, 3.8) is 0 Å². The number of ether oxygens (including phenoxy) is 2. The van der Waals surface area contributed by atoms with Crippen molar-refractivity contribution in [2.24, 2.45) is 0 Å². The van der Waals surface area contributed by atoms with E-state index in [9.17, 15) is 0 Å². The Morgan fingerprint density at radius 2 is 1.23 bits per heavy atom. The fourth-order valence-corrected chi connectivity index (χ4v) is 4.65. The highest BCUT2D eigenvalue weighted by atomic mass is 79.9. The second kappa shape index (κ2) is 11.9. The molecule has 13 heteroatoms. The lowest BCUT2D eigenvalue weighted by Crippen LogP contribution is -2.01. The van der Waals surface area contributed by atoms with Crippen molar-refractivity contribution in [2.75, 3.05) is 14.2 Å². The second-order valence-corrected chi connectivity index (χ2v) is 9.63. The summed E-state index contributed by atoms with van der Waals surface area (Å²) in [6.45, 7) is 1.31. The van der Waals surface area contributed by atoms with E-state index in [1.54, 1.807) is 20.5 Å². The third-order valence-electron chi connectivity index (χ3n) is 5.81. The molecule has 198 valence electrons. The Balaban J connectivity index is 0.000000158. The quantitative estimate of drug-likeness (QED) is 0.168. The Kier molecular flexibility index (Phi) is 8.20. The minimum Gasteiger partial charge on any atom is -0.497 e. The van der Waals surface area contributed by atoms with Gasteiger partial charge in [0.15, 0.2) is 26.3 Å². The van der Waals surface area contributed by atoms with Crippen molar-refractivity contribution in [1.82, 2.24) is 39.0 Å². The zero-order chi connectivity index (χ0) is 27.4. The number of aromatic nitrogens is 8. The topological polar surface area (TPSA) is 106 Å². The smallest absolute Gasteiger partial charge is 0.179 e. The van der Waals surface area contributed by atoms with Crippen LogP contribution in [0.5, 0.6) is 11.5 Å². The molecule has 0 saturated carbocycles. The highest BCUT2D eigenvalue weighted by molar-refractivity contribution is 9.10. The molecule has 6 rings (SSSR count). The van der Waals surface area contributed by atoms with Crippen LogP contribution in [-0.2, 0) is 13.1 Å². The predicted octanol–water partition coefficient (Wildman–Crippen LogP) is 5.84. The van der Waals surface area contributed by atoms with E-state index >= 15 is 0 Å². The molecular formula is C26H21BrCl2N8O2. The molecular weight excluding hydrogens is 607 g/mol. The molecule has 0 radical (unpaired) electrons. The largest absolute Gasteiger partial charge is 0.497 e. The minimum absolute atomic E-state index is 0.351. The van der Waals surface area contributed by atoms with Gasteiger partial charge in [0.1, 0.15) is 35.2 Å². The van der Waals surface area contributed by atoms with Crippen LogP contribution in [0.2, 0.25) is 10.3 Å². The van der Waals surface area contributed by atoms with E-state index in [0.29, 0.717) is 44.8 Å². The zero-order valence-corrected chi connectivity index (χ0v) is 23.9. The van der Waals surface area contributed by atoms with Gasteiger partial charge in [-0.2, -0.15) is 0 Å². The standard InChI is InChI=1S/C13H10BrClN4O.C13H11ClN4O/c1-20-9-4-2-8(3-5-9)6-19-12-10(18-13(19)14)11(15)16-7-17-12;1-19-10-4-2-9(3-5-10)6-18-8-17-11-12(14)15-7-16-13(11)18/h2-5,7H,6H2,1H3;2-5,7-8H,6H2,1H3. The number of fused-ring (bicyclic) bond motifs is 2. The van der Waals surface area contributed by atoms with Crippen molar-refractivity contribution < 1.29 is 9.47 Å². The molecule has 0 N–H and O–H groups in total. The number of rotatable bonds is 6. The van der Waals surface area contributed by atoms with Crippen LogP contribution in [0, 0.1) is 0 Å². The summed E-state index contributed by atoms with van der Waals surface area (Å²) in [5.41, 5.74) is 4.89. The summed E-state index contributed by atoms with van der Waals surface area (Å²) in [5, 5.41) is 0.725. The van der Waals surface area contributed by atoms with Gasteiger partial charge in [0.25, 0.3) is 0 Å². The van der Waals surface area contributed by atoms with E-state index in [1.807, 2.05) is 57.7 Å². The Morgan fingerprint density at radius 1 is 0.692 bits per heavy atom. The van der Waals surface area contributed by atoms with Crippen LogP contribution in [-0.4, -0.2) is 53.3 Å². The summed E-state index contributed by atoms with van der Waals surface area (Å²) in [6.07, 6.45) is 4.59. The number of imidazole rings is 2. The Labute approximate surface area is 241 Å². The van der Waals surface area contributed by atoms with Crippen LogP contribution in [0.25, 0.3) is 22.3 Å². The summed E-state index contributed by atoms with van der Waals surface area (Å²) in [7, 11) is 3.30. The van der Waals surface area contributed by atoms with Gasteiger partial charge in [0, 0.05) is 0 Å². The number of halogens is 3. The summed E-state index contributed by atoms with van der Waals surface area (Å²) in [6, 6.07) is 15.7. The van der Waals surface area contributed by atoms with Crippen molar-refractivity contribution in [3.05, 3.63) is 93.7 Å². The van der Waals surface area contributed by atoms with Gasteiger partial charge in [-0.3, -0.25) is 4.57 Å². The molecule has 0 fully saturated rings. The number of hydrogen-bond donors (Lipinski definition) is 0. The van der Waals surface area contributed by atoms with Crippen molar-refractivity contribution in [2.45, 2.75) is 13.1 Å².